The molecule has 0 bridgehead atoms. The largest absolute Gasteiger partial charge is 0.468 e. The van der Waals surface area contributed by atoms with Crippen LogP contribution in [0.2, 0.25) is 0 Å². The standard InChI is InChI=1S/C12H18N2O4S/c1-4-14(11-7-5-6-10(13)8-11)19(16,17)9(2)12(15)18-3/h5-9H,4,13H2,1-3H3. The second kappa shape index (κ2) is 5.92. The topological polar surface area (TPSA) is 89.7 Å². The Bertz CT molecular complexity index is 557. The second-order valence-electron chi connectivity index (χ2n) is 3.97. The van der Waals surface area contributed by atoms with E-state index in [1.54, 1.807) is 31.2 Å². The van der Waals surface area contributed by atoms with Crippen LogP contribution < -0.4 is 10.0 Å². The van der Waals surface area contributed by atoms with Crippen molar-refractivity contribution >= 4 is 27.4 Å². The van der Waals surface area contributed by atoms with Crippen molar-refractivity contribution in [1.82, 2.24) is 0 Å². The van der Waals surface area contributed by atoms with Crippen molar-refractivity contribution in [2.24, 2.45) is 0 Å². The molecule has 1 aromatic carbocycles. The van der Waals surface area contributed by atoms with Gasteiger partial charge in [0.1, 0.15) is 0 Å². The van der Waals surface area contributed by atoms with Gasteiger partial charge in [-0.15, -0.1) is 0 Å². The average molecular weight is 286 g/mol. The third kappa shape index (κ3) is 3.17. The van der Waals surface area contributed by atoms with Crippen molar-refractivity contribution in [2.45, 2.75) is 19.1 Å². The molecular formula is C12H18N2O4S. The Hall–Kier alpha value is -1.76. The summed E-state index contributed by atoms with van der Waals surface area (Å²) in [5.74, 6) is -0.789. The summed E-state index contributed by atoms with van der Waals surface area (Å²) in [5.41, 5.74) is 6.53. The van der Waals surface area contributed by atoms with Crippen LogP contribution in [0.1, 0.15) is 13.8 Å². The van der Waals surface area contributed by atoms with E-state index in [1.807, 2.05) is 0 Å². The van der Waals surface area contributed by atoms with E-state index in [4.69, 9.17) is 5.73 Å². The molecule has 7 heteroatoms. The molecule has 0 aliphatic carbocycles. The van der Waals surface area contributed by atoms with E-state index in [2.05, 4.69) is 4.74 Å². The molecule has 6 nitrogen and oxygen atoms in total. The van der Waals surface area contributed by atoms with Crippen molar-refractivity contribution in [1.29, 1.82) is 0 Å². The Balaban J connectivity index is 3.19. The van der Waals surface area contributed by atoms with Crippen molar-refractivity contribution < 1.29 is 17.9 Å². The van der Waals surface area contributed by atoms with Gasteiger partial charge in [-0.1, -0.05) is 6.07 Å². The van der Waals surface area contributed by atoms with Gasteiger partial charge in [-0.2, -0.15) is 0 Å². The van der Waals surface area contributed by atoms with Gasteiger partial charge in [-0.25, -0.2) is 8.42 Å². The normalized spacial score (nSPS) is 12.8. The molecule has 0 aliphatic rings. The fourth-order valence-corrected chi connectivity index (χ4v) is 3.16. The molecule has 2 N–H and O–H groups in total. The van der Waals surface area contributed by atoms with Crippen LogP contribution >= 0.6 is 0 Å². The molecule has 1 atom stereocenters. The number of nitrogens with two attached hydrogens (primary N) is 1. The summed E-state index contributed by atoms with van der Waals surface area (Å²) in [5, 5.41) is -1.26. The number of carbonyl (C=O) groups is 1. The summed E-state index contributed by atoms with van der Waals surface area (Å²) in [4.78, 5) is 11.4. The van der Waals surface area contributed by atoms with Crippen molar-refractivity contribution in [3.63, 3.8) is 0 Å². The van der Waals surface area contributed by atoms with Gasteiger partial charge >= 0.3 is 5.97 Å². The van der Waals surface area contributed by atoms with E-state index < -0.39 is 21.2 Å². The summed E-state index contributed by atoms with van der Waals surface area (Å²) in [7, 11) is -2.67. The zero-order valence-electron chi connectivity index (χ0n) is 11.2. The van der Waals surface area contributed by atoms with Gasteiger partial charge in [0.25, 0.3) is 0 Å². The van der Waals surface area contributed by atoms with Crippen molar-refractivity contribution in [3.05, 3.63) is 24.3 Å². The number of anilines is 2. The number of carbonyl (C=O) groups excluding carboxylic acids is 1. The van der Waals surface area contributed by atoms with Crippen LogP contribution in [0.15, 0.2) is 24.3 Å². The minimum atomic E-state index is -3.83. The SMILES string of the molecule is CCN(c1cccc(N)c1)S(=O)(=O)C(C)C(=O)OC. The van der Waals surface area contributed by atoms with E-state index in [1.165, 1.54) is 6.92 Å². The Kier molecular flexibility index (Phi) is 4.77. The number of hydrogen-bond acceptors (Lipinski definition) is 5. The fraction of sp³-hybridized carbons (Fsp3) is 0.417. The third-order valence-corrected chi connectivity index (χ3v) is 4.90. The first-order chi connectivity index (χ1) is 8.84. The lowest BCUT2D eigenvalue weighted by molar-refractivity contribution is -0.139. The summed E-state index contributed by atoms with van der Waals surface area (Å²) in [6.07, 6.45) is 0. The maximum Gasteiger partial charge on any atom is 0.325 e. The lowest BCUT2D eigenvalue weighted by atomic mass is 10.3. The van der Waals surface area contributed by atoms with E-state index in [9.17, 15) is 13.2 Å². The monoisotopic (exact) mass is 286 g/mol. The molecule has 0 fully saturated rings. The van der Waals surface area contributed by atoms with E-state index >= 15 is 0 Å². The molecule has 0 saturated carbocycles. The van der Waals surface area contributed by atoms with Gasteiger partial charge < -0.3 is 10.5 Å². The zero-order valence-corrected chi connectivity index (χ0v) is 12.0. The number of rotatable bonds is 5. The summed E-state index contributed by atoms with van der Waals surface area (Å²) in [6, 6.07) is 6.49. The van der Waals surface area contributed by atoms with E-state index in [0.29, 0.717) is 11.4 Å². The van der Waals surface area contributed by atoms with Crippen LogP contribution in [0, 0.1) is 0 Å². The highest BCUT2D eigenvalue weighted by Crippen LogP contribution is 2.23. The van der Waals surface area contributed by atoms with Crippen LogP contribution in [-0.2, 0) is 19.6 Å². The molecule has 0 radical (unpaired) electrons. The average Bonchev–Trinajstić information content (AvgIpc) is 2.37. The Labute approximate surface area is 113 Å². The summed E-state index contributed by atoms with van der Waals surface area (Å²) < 4.78 is 30.3. The lowest BCUT2D eigenvalue weighted by Crippen LogP contribution is -2.41. The molecule has 0 heterocycles. The van der Waals surface area contributed by atoms with Gasteiger partial charge in [-0.3, -0.25) is 9.10 Å². The quantitative estimate of drug-likeness (QED) is 0.644. The van der Waals surface area contributed by atoms with Crippen LogP contribution in [0.5, 0.6) is 0 Å². The van der Waals surface area contributed by atoms with Gasteiger partial charge in [0, 0.05) is 12.2 Å². The Morgan fingerprint density at radius 2 is 2.11 bits per heavy atom. The van der Waals surface area contributed by atoms with Gasteiger partial charge in [-0.05, 0) is 32.0 Å². The molecule has 106 valence electrons. The number of ether oxygens (including phenoxy) is 1. The first kappa shape index (κ1) is 15.3. The molecule has 0 saturated heterocycles. The maximum atomic E-state index is 12.4. The molecule has 0 spiro atoms. The smallest absolute Gasteiger partial charge is 0.325 e. The van der Waals surface area contributed by atoms with E-state index in [-0.39, 0.29) is 6.54 Å². The van der Waals surface area contributed by atoms with Gasteiger partial charge in [0.05, 0.1) is 12.8 Å². The third-order valence-electron chi connectivity index (χ3n) is 2.73. The lowest BCUT2D eigenvalue weighted by Gasteiger charge is -2.25. The second-order valence-corrected chi connectivity index (χ2v) is 6.15. The van der Waals surface area contributed by atoms with Crippen LogP contribution in [-0.4, -0.2) is 33.3 Å². The zero-order chi connectivity index (χ0) is 14.6. The molecule has 1 aromatic rings. The maximum absolute atomic E-state index is 12.4. The van der Waals surface area contributed by atoms with Crippen LogP contribution in [0.3, 0.4) is 0 Å². The highest BCUT2D eigenvalue weighted by molar-refractivity contribution is 7.94. The highest BCUT2D eigenvalue weighted by atomic mass is 32.2. The predicted octanol–water partition coefficient (Wildman–Crippen LogP) is 0.986. The number of hydrogen-bond donors (Lipinski definition) is 1. The molecule has 0 aromatic heterocycles. The number of nitrogens with zero attached hydrogens (tertiary/aromatic N) is 1. The van der Waals surface area contributed by atoms with Gasteiger partial charge in [0.15, 0.2) is 5.25 Å². The Morgan fingerprint density at radius 3 is 2.58 bits per heavy atom. The molecule has 1 unspecified atom stereocenters. The predicted molar refractivity (Wildman–Crippen MR) is 74.3 cm³/mol. The molecule has 19 heavy (non-hydrogen) atoms. The molecule has 0 amide bonds. The fourth-order valence-electron chi connectivity index (χ4n) is 1.67. The van der Waals surface area contributed by atoms with Crippen LogP contribution in [0.4, 0.5) is 11.4 Å². The Morgan fingerprint density at radius 1 is 1.47 bits per heavy atom. The van der Waals surface area contributed by atoms with Crippen molar-refractivity contribution in [2.75, 3.05) is 23.7 Å². The van der Waals surface area contributed by atoms with Gasteiger partial charge in [0.2, 0.25) is 10.0 Å². The summed E-state index contributed by atoms with van der Waals surface area (Å²) >= 11 is 0. The highest BCUT2D eigenvalue weighted by Gasteiger charge is 2.34. The first-order valence-corrected chi connectivity index (χ1v) is 7.29. The number of nitrogen functional groups attached to an aromatic ring is 1. The minimum Gasteiger partial charge on any atom is -0.468 e. The molecule has 1 rings (SSSR count). The number of methoxy groups -OCH3 is 1. The molecule has 0 aliphatic heterocycles. The number of esters is 1. The first-order valence-electron chi connectivity index (χ1n) is 5.79. The number of sulfonamides is 1. The van der Waals surface area contributed by atoms with Crippen LogP contribution in [0.25, 0.3) is 0 Å². The van der Waals surface area contributed by atoms with E-state index in [0.717, 1.165) is 11.4 Å². The molecular weight excluding hydrogens is 268 g/mol. The number of benzene rings is 1. The summed E-state index contributed by atoms with van der Waals surface area (Å²) in [6.45, 7) is 3.19. The minimum absolute atomic E-state index is 0.202. The van der Waals surface area contributed by atoms with Crippen molar-refractivity contribution in [3.8, 4) is 0 Å².